The Morgan fingerprint density at radius 3 is 2.23 bits per heavy atom. The average Bonchev–Trinajstić information content (AvgIpc) is 2.98. The molecule has 0 spiro atoms. The lowest BCUT2D eigenvalue weighted by Gasteiger charge is -2.52. The first-order chi connectivity index (χ1) is 12.3. The van der Waals surface area contributed by atoms with Gasteiger partial charge in [0, 0.05) is 37.3 Å². The number of nitrogens with two attached hydrogens (primary N) is 1. The predicted octanol–water partition coefficient (Wildman–Crippen LogP) is 0.586. The van der Waals surface area contributed by atoms with E-state index < -0.39 is 20.8 Å². The smallest absolute Gasteiger partial charge is 0.226 e. The highest BCUT2D eigenvalue weighted by Gasteiger charge is 2.68. The van der Waals surface area contributed by atoms with Gasteiger partial charge in [-0.15, -0.1) is 0 Å². The van der Waals surface area contributed by atoms with Crippen molar-refractivity contribution in [2.75, 3.05) is 52.6 Å². The molecular formula is C18H31N3O4S. The molecule has 0 aromatic rings. The van der Waals surface area contributed by atoms with Crippen LogP contribution in [0.25, 0.3) is 0 Å². The molecule has 2 aliphatic heterocycles. The van der Waals surface area contributed by atoms with Crippen LogP contribution in [0.15, 0.2) is 11.8 Å². The number of rotatable bonds is 4. The maximum atomic E-state index is 12.9. The summed E-state index contributed by atoms with van der Waals surface area (Å²) in [5, 5.41) is 5.20. The van der Waals surface area contributed by atoms with Gasteiger partial charge in [0.25, 0.3) is 0 Å². The highest BCUT2D eigenvalue weighted by Crippen LogP contribution is 2.68. The van der Waals surface area contributed by atoms with Crippen LogP contribution in [0.4, 0.5) is 0 Å². The minimum Gasteiger partial charge on any atom is -0.379 e. The fourth-order valence-electron chi connectivity index (χ4n) is 5.86. The third-order valence-corrected chi connectivity index (χ3v) is 8.53. The van der Waals surface area contributed by atoms with E-state index in [4.69, 9.17) is 14.6 Å². The number of ether oxygens (including phenoxy) is 2. The van der Waals surface area contributed by atoms with E-state index in [1.165, 1.54) is 5.70 Å². The topological polar surface area (TPSA) is 85.1 Å². The Hall–Kier alpha value is -0.670. The van der Waals surface area contributed by atoms with E-state index in [-0.39, 0.29) is 5.41 Å². The maximum absolute atomic E-state index is 12.9. The second kappa shape index (κ2) is 6.44. The van der Waals surface area contributed by atoms with Gasteiger partial charge >= 0.3 is 0 Å². The van der Waals surface area contributed by atoms with Crippen LogP contribution in [0.2, 0.25) is 0 Å². The van der Waals surface area contributed by atoms with Crippen LogP contribution in [0, 0.1) is 16.7 Å². The number of primary sulfonamides is 1. The van der Waals surface area contributed by atoms with Gasteiger partial charge in [-0.25, -0.2) is 13.6 Å². The van der Waals surface area contributed by atoms with Gasteiger partial charge < -0.3 is 14.4 Å². The van der Waals surface area contributed by atoms with Gasteiger partial charge in [-0.1, -0.05) is 19.9 Å². The van der Waals surface area contributed by atoms with Crippen molar-refractivity contribution in [1.82, 2.24) is 9.80 Å². The van der Waals surface area contributed by atoms with Gasteiger partial charge in [0.2, 0.25) is 10.0 Å². The Morgan fingerprint density at radius 2 is 1.69 bits per heavy atom. The van der Waals surface area contributed by atoms with Gasteiger partial charge in [-0.05, 0) is 24.2 Å². The quantitative estimate of drug-likeness (QED) is 0.762. The lowest BCUT2D eigenvalue weighted by Crippen LogP contribution is -2.62. The highest BCUT2D eigenvalue weighted by atomic mass is 32.2. The van der Waals surface area contributed by atoms with Crippen LogP contribution >= 0.6 is 0 Å². The molecule has 4 rings (SSSR count). The summed E-state index contributed by atoms with van der Waals surface area (Å²) in [7, 11) is -3.76. The second-order valence-corrected chi connectivity index (χ2v) is 10.2. The molecule has 7 nitrogen and oxygen atoms in total. The van der Waals surface area contributed by atoms with Crippen molar-refractivity contribution < 1.29 is 17.9 Å². The Balaban J connectivity index is 1.81. The van der Waals surface area contributed by atoms with E-state index in [1.807, 2.05) is 0 Å². The molecule has 0 aromatic heterocycles. The first-order valence-electron chi connectivity index (χ1n) is 9.67. The van der Waals surface area contributed by atoms with Crippen molar-refractivity contribution >= 4 is 10.0 Å². The van der Waals surface area contributed by atoms with E-state index in [2.05, 4.69) is 29.7 Å². The van der Waals surface area contributed by atoms with E-state index in [9.17, 15) is 8.42 Å². The van der Waals surface area contributed by atoms with Crippen LogP contribution in [0.5, 0.6) is 0 Å². The lowest BCUT2D eigenvalue weighted by molar-refractivity contribution is -0.0275. The summed E-state index contributed by atoms with van der Waals surface area (Å²) < 4.78 is 36.9. The Morgan fingerprint density at radius 1 is 1.12 bits per heavy atom. The minimum absolute atomic E-state index is 0.143. The molecule has 2 heterocycles. The Kier molecular flexibility index (Phi) is 4.63. The highest BCUT2D eigenvalue weighted by molar-refractivity contribution is 7.89. The zero-order chi connectivity index (χ0) is 18.6. The number of fused-ring (bicyclic) bond motifs is 2. The van der Waals surface area contributed by atoms with Crippen molar-refractivity contribution in [2.45, 2.75) is 32.1 Å². The summed E-state index contributed by atoms with van der Waals surface area (Å²) in [6.07, 6.45) is 4.23. The Labute approximate surface area is 156 Å². The lowest BCUT2D eigenvalue weighted by atomic mass is 9.66. The number of allylic oxidation sites excluding steroid dienone is 1. The summed E-state index contributed by atoms with van der Waals surface area (Å²) in [4.78, 5) is 4.41. The first-order valence-corrected chi connectivity index (χ1v) is 11.3. The molecule has 2 saturated heterocycles. The summed E-state index contributed by atoms with van der Waals surface area (Å²) in [6, 6.07) is 0. The average molecular weight is 386 g/mol. The zero-order valence-corrected chi connectivity index (χ0v) is 16.6. The molecule has 2 N–H and O–H groups in total. The largest absolute Gasteiger partial charge is 0.379 e. The van der Waals surface area contributed by atoms with E-state index in [0.717, 1.165) is 25.9 Å². The maximum Gasteiger partial charge on any atom is 0.226 e. The van der Waals surface area contributed by atoms with Gasteiger partial charge in [-0.2, -0.15) is 0 Å². The minimum atomic E-state index is -3.76. The van der Waals surface area contributed by atoms with Crippen molar-refractivity contribution in [3.05, 3.63) is 11.8 Å². The number of hydrogen-bond donors (Lipinski definition) is 1. The van der Waals surface area contributed by atoms with E-state index in [0.29, 0.717) is 45.4 Å². The van der Waals surface area contributed by atoms with Crippen LogP contribution in [-0.4, -0.2) is 76.2 Å². The summed E-state index contributed by atoms with van der Waals surface area (Å²) >= 11 is 0. The van der Waals surface area contributed by atoms with Crippen LogP contribution in [0.3, 0.4) is 0 Å². The monoisotopic (exact) mass is 385 g/mol. The molecule has 2 unspecified atom stereocenters. The molecule has 2 bridgehead atoms. The normalized spacial score (nSPS) is 36.2. The molecule has 8 heteroatoms. The molecule has 4 aliphatic rings. The predicted molar refractivity (Wildman–Crippen MR) is 98.7 cm³/mol. The number of hydrogen-bond acceptors (Lipinski definition) is 6. The van der Waals surface area contributed by atoms with Crippen molar-refractivity contribution in [3.8, 4) is 0 Å². The van der Waals surface area contributed by atoms with E-state index in [1.54, 1.807) is 0 Å². The van der Waals surface area contributed by atoms with Crippen molar-refractivity contribution in [1.29, 1.82) is 0 Å². The summed E-state index contributed by atoms with van der Waals surface area (Å²) in [5.74, 6) is 0.394. The van der Waals surface area contributed by atoms with Crippen molar-refractivity contribution in [3.63, 3.8) is 0 Å². The molecule has 3 fully saturated rings. The molecule has 3 atom stereocenters. The standard InChI is InChI=1S/C18H31N3O4S/c1-17(2)14-3-4-18(17,15(13-14)20-5-9-24-10-6-20)16(26(19,22)23)21-7-11-25-12-8-21/h13-14,16H,3-12H2,1-2H3,(H2,19,22,23)/t14?,16-,18?/m0/s1. The number of morpholine rings is 2. The summed E-state index contributed by atoms with van der Waals surface area (Å²) in [5.41, 5.74) is 0.572. The summed E-state index contributed by atoms with van der Waals surface area (Å²) in [6.45, 7) is 9.81. The number of sulfonamides is 1. The van der Waals surface area contributed by atoms with Gasteiger partial charge in [-0.3, -0.25) is 4.90 Å². The molecule has 148 valence electrons. The molecule has 26 heavy (non-hydrogen) atoms. The van der Waals surface area contributed by atoms with Crippen LogP contribution < -0.4 is 5.14 Å². The number of nitrogens with zero attached hydrogens (tertiary/aromatic N) is 2. The van der Waals surface area contributed by atoms with Crippen molar-refractivity contribution in [2.24, 2.45) is 21.9 Å². The second-order valence-electron chi connectivity index (χ2n) is 8.58. The molecule has 0 radical (unpaired) electrons. The van der Waals surface area contributed by atoms with Crippen LogP contribution in [0.1, 0.15) is 26.7 Å². The SMILES string of the molecule is CC1(C)C2C=C(N3CCOCC3)C1([C@@H](N1CCOCC1)S(N)(=O)=O)CC2. The van der Waals surface area contributed by atoms with Gasteiger partial charge in [0.05, 0.1) is 26.4 Å². The third-order valence-electron chi connectivity index (χ3n) is 7.20. The fraction of sp³-hybridized carbons (Fsp3) is 0.889. The molecule has 2 aliphatic carbocycles. The molecule has 1 saturated carbocycles. The van der Waals surface area contributed by atoms with E-state index >= 15 is 0 Å². The third kappa shape index (κ3) is 2.64. The molecular weight excluding hydrogens is 354 g/mol. The molecule has 0 aromatic carbocycles. The molecule has 0 amide bonds. The van der Waals surface area contributed by atoms with Gasteiger partial charge in [0.1, 0.15) is 5.37 Å². The Bertz CT molecular complexity index is 681. The van der Waals surface area contributed by atoms with Crippen LogP contribution in [-0.2, 0) is 19.5 Å². The fourth-order valence-corrected chi connectivity index (χ4v) is 7.59. The first kappa shape index (κ1) is 18.7. The van der Waals surface area contributed by atoms with Gasteiger partial charge in [0.15, 0.2) is 0 Å². The zero-order valence-electron chi connectivity index (χ0n) is 15.8.